The summed E-state index contributed by atoms with van der Waals surface area (Å²) in [7, 11) is 1.98. The van der Waals surface area contributed by atoms with E-state index in [2.05, 4.69) is 26.9 Å². The van der Waals surface area contributed by atoms with Crippen molar-refractivity contribution >= 4 is 0 Å². The molecule has 0 amide bonds. The number of hydrogen-bond donors (Lipinski definition) is 1. The second-order valence-electron chi connectivity index (χ2n) is 6.83. The Morgan fingerprint density at radius 3 is 2.87 bits per heavy atom. The molecule has 0 radical (unpaired) electrons. The molecule has 1 fully saturated rings. The highest BCUT2D eigenvalue weighted by atomic mass is 16.5. The van der Waals surface area contributed by atoms with Gasteiger partial charge in [0.15, 0.2) is 0 Å². The molecule has 2 aromatic rings. The molecule has 0 bridgehead atoms. The van der Waals surface area contributed by atoms with E-state index in [9.17, 15) is 5.11 Å². The van der Waals surface area contributed by atoms with E-state index in [4.69, 9.17) is 4.52 Å². The Kier molecular flexibility index (Phi) is 4.73. The first-order chi connectivity index (χ1) is 11.0. The summed E-state index contributed by atoms with van der Waals surface area (Å²) in [6, 6.07) is 3.74. The molecule has 6 heteroatoms. The summed E-state index contributed by atoms with van der Waals surface area (Å²) >= 11 is 0. The van der Waals surface area contributed by atoms with E-state index >= 15 is 0 Å². The van der Waals surface area contributed by atoms with Crippen molar-refractivity contribution in [1.82, 2.24) is 20.0 Å². The first-order valence-electron chi connectivity index (χ1n) is 8.18. The van der Waals surface area contributed by atoms with Crippen molar-refractivity contribution in [2.75, 3.05) is 13.6 Å². The van der Waals surface area contributed by atoms with Crippen LogP contribution in [0.15, 0.2) is 29.0 Å². The Bertz CT molecular complexity index is 621. The zero-order valence-electron chi connectivity index (χ0n) is 13.8. The molecule has 0 atom stereocenters. The van der Waals surface area contributed by atoms with Crippen LogP contribution >= 0.6 is 0 Å². The Morgan fingerprint density at radius 1 is 1.39 bits per heavy atom. The minimum Gasteiger partial charge on any atom is -0.389 e. The number of pyridine rings is 1. The first-order valence-corrected chi connectivity index (χ1v) is 8.18. The highest BCUT2D eigenvalue weighted by Gasteiger charge is 2.33. The fourth-order valence-corrected chi connectivity index (χ4v) is 3.18. The van der Waals surface area contributed by atoms with E-state index in [0.29, 0.717) is 24.8 Å². The van der Waals surface area contributed by atoms with Crippen LogP contribution in [0.4, 0.5) is 0 Å². The van der Waals surface area contributed by atoms with Crippen molar-refractivity contribution in [2.45, 2.75) is 44.8 Å². The lowest BCUT2D eigenvalue weighted by atomic mass is 9.79. The molecule has 2 aromatic heterocycles. The van der Waals surface area contributed by atoms with Crippen LogP contribution in [-0.2, 0) is 6.54 Å². The van der Waals surface area contributed by atoms with Gasteiger partial charge in [-0.1, -0.05) is 12.1 Å². The predicted octanol–water partition coefficient (Wildman–Crippen LogP) is 2.50. The maximum Gasteiger partial charge on any atom is 0.241 e. The first kappa shape index (κ1) is 16.1. The Hall–Kier alpha value is -1.79. The third kappa shape index (κ3) is 4.14. The molecule has 0 spiro atoms. The summed E-state index contributed by atoms with van der Waals surface area (Å²) in [5, 5.41) is 14.7. The molecule has 1 saturated carbocycles. The maximum atomic E-state index is 10.7. The third-order valence-corrected chi connectivity index (χ3v) is 4.56. The van der Waals surface area contributed by atoms with Crippen LogP contribution in [-0.4, -0.2) is 44.3 Å². The second kappa shape index (κ2) is 6.76. The molecule has 6 nitrogen and oxygen atoms in total. The van der Waals surface area contributed by atoms with Gasteiger partial charge in [0.25, 0.3) is 0 Å². The Balaban J connectivity index is 1.58. The smallest absolute Gasteiger partial charge is 0.241 e. The van der Waals surface area contributed by atoms with Crippen LogP contribution in [0.2, 0.25) is 0 Å². The molecular formula is C17H24N4O2. The molecule has 23 heavy (non-hydrogen) atoms. The molecule has 0 saturated heterocycles. The number of hydrogen-bond acceptors (Lipinski definition) is 6. The summed E-state index contributed by atoms with van der Waals surface area (Å²) in [5.74, 6) is 1.82. The fraction of sp³-hybridized carbons (Fsp3) is 0.588. The average Bonchev–Trinajstić information content (AvgIpc) is 2.99. The Labute approximate surface area is 136 Å². The molecule has 3 rings (SSSR count). The second-order valence-corrected chi connectivity index (χ2v) is 6.83. The predicted molar refractivity (Wildman–Crippen MR) is 86.4 cm³/mol. The number of rotatable bonds is 5. The van der Waals surface area contributed by atoms with Crippen LogP contribution in [0, 0.1) is 5.92 Å². The van der Waals surface area contributed by atoms with Gasteiger partial charge >= 0.3 is 0 Å². The summed E-state index contributed by atoms with van der Waals surface area (Å²) < 4.78 is 5.32. The van der Waals surface area contributed by atoms with Crippen LogP contribution in [0.1, 0.15) is 38.5 Å². The van der Waals surface area contributed by atoms with Crippen molar-refractivity contribution in [3.63, 3.8) is 0 Å². The van der Waals surface area contributed by atoms with E-state index in [-0.39, 0.29) is 0 Å². The van der Waals surface area contributed by atoms with Gasteiger partial charge in [0.1, 0.15) is 0 Å². The lowest BCUT2D eigenvalue weighted by Crippen LogP contribution is -2.43. The van der Waals surface area contributed by atoms with E-state index in [1.807, 2.05) is 19.2 Å². The van der Waals surface area contributed by atoms with Crippen LogP contribution < -0.4 is 0 Å². The van der Waals surface area contributed by atoms with Crippen molar-refractivity contribution in [3.05, 3.63) is 30.4 Å². The summed E-state index contributed by atoms with van der Waals surface area (Å²) in [4.78, 5) is 10.5. The van der Waals surface area contributed by atoms with Crippen molar-refractivity contribution < 1.29 is 9.63 Å². The Morgan fingerprint density at radius 2 is 2.17 bits per heavy atom. The van der Waals surface area contributed by atoms with Gasteiger partial charge in [0.05, 0.1) is 12.1 Å². The van der Waals surface area contributed by atoms with Crippen LogP contribution in [0.25, 0.3) is 11.4 Å². The number of likely N-dealkylation sites (N-methyl/N-ethyl adjacent to an activating group) is 1. The van der Waals surface area contributed by atoms with Gasteiger partial charge in [-0.15, -0.1) is 0 Å². The SMILES string of the molecule is CC1CCC(O)(CN(C)Cc2nc(-c3cccnc3)no2)CC1. The number of nitrogens with zero attached hydrogens (tertiary/aromatic N) is 4. The molecular weight excluding hydrogens is 292 g/mol. The molecule has 1 N–H and O–H groups in total. The lowest BCUT2D eigenvalue weighted by molar-refractivity contribution is -0.0328. The summed E-state index contributed by atoms with van der Waals surface area (Å²) in [6.07, 6.45) is 7.34. The van der Waals surface area contributed by atoms with E-state index < -0.39 is 5.60 Å². The van der Waals surface area contributed by atoms with E-state index in [1.165, 1.54) is 0 Å². The maximum absolute atomic E-state index is 10.7. The monoisotopic (exact) mass is 316 g/mol. The molecule has 2 heterocycles. The largest absolute Gasteiger partial charge is 0.389 e. The highest BCUT2D eigenvalue weighted by Crippen LogP contribution is 2.32. The number of aromatic nitrogens is 3. The average molecular weight is 316 g/mol. The molecule has 1 aliphatic carbocycles. The zero-order valence-corrected chi connectivity index (χ0v) is 13.8. The van der Waals surface area contributed by atoms with Gasteiger partial charge in [0, 0.05) is 24.5 Å². The van der Waals surface area contributed by atoms with Crippen LogP contribution in [0.5, 0.6) is 0 Å². The molecule has 124 valence electrons. The van der Waals surface area contributed by atoms with E-state index in [0.717, 1.165) is 37.2 Å². The third-order valence-electron chi connectivity index (χ3n) is 4.56. The molecule has 1 aliphatic rings. The van der Waals surface area contributed by atoms with Crippen molar-refractivity contribution in [1.29, 1.82) is 0 Å². The molecule has 0 aromatic carbocycles. The van der Waals surface area contributed by atoms with Gasteiger partial charge < -0.3 is 9.63 Å². The molecule has 0 unspecified atom stereocenters. The fourth-order valence-electron chi connectivity index (χ4n) is 3.18. The summed E-state index contributed by atoms with van der Waals surface area (Å²) in [5.41, 5.74) is 0.248. The minimum absolute atomic E-state index is 0.533. The van der Waals surface area contributed by atoms with Gasteiger partial charge in [-0.3, -0.25) is 9.88 Å². The van der Waals surface area contributed by atoms with Gasteiger partial charge in [0.2, 0.25) is 11.7 Å². The zero-order chi connectivity index (χ0) is 16.3. The lowest BCUT2D eigenvalue weighted by Gasteiger charge is -2.37. The van der Waals surface area contributed by atoms with Gasteiger partial charge in [-0.05, 0) is 50.8 Å². The number of aliphatic hydroxyl groups is 1. The van der Waals surface area contributed by atoms with E-state index in [1.54, 1.807) is 12.4 Å². The topological polar surface area (TPSA) is 75.3 Å². The summed E-state index contributed by atoms with van der Waals surface area (Å²) in [6.45, 7) is 3.41. The quantitative estimate of drug-likeness (QED) is 0.913. The van der Waals surface area contributed by atoms with Gasteiger partial charge in [-0.2, -0.15) is 4.98 Å². The van der Waals surface area contributed by atoms with Gasteiger partial charge in [-0.25, -0.2) is 0 Å². The molecule has 0 aliphatic heterocycles. The normalized spacial score (nSPS) is 25.0. The van der Waals surface area contributed by atoms with Crippen molar-refractivity contribution in [3.8, 4) is 11.4 Å². The standard InChI is InChI=1S/C17H24N4O2/c1-13-5-7-17(22,8-6-13)12-21(2)11-15-19-16(20-23-15)14-4-3-9-18-10-14/h3-4,9-10,13,22H,5-8,11-12H2,1-2H3. The highest BCUT2D eigenvalue weighted by molar-refractivity contribution is 5.51. The van der Waals surface area contributed by atoms with Crippen molar-refractivity contribution in [2.24, 2.45) is 5.92 Å². The minimum atomic E-state index is -0.590. The van der Waals surface area contributed by atoms with Crippen LogP contribution in [0.3, 0.4) is 0 Å².